The van der Waals surface area contributed by atoms with E-state index in [2.05, 4.69) is 33.8 Å². The summed E-state index contributed by atoms with van der Waals surface area (Å²) in [5, 5.41) is 11.4. The van der Waals surface area contributed by atoms with Gasteiger partial charge < -0.3 is 9.63 Å². The van der Waals surface area contributed by atoms with Crippen molar-refractivity contribution in [3.05, 3.63) is 70.8 Å². The van der Waals surface area contributed by atoms with Crippen LogP contribution in [0.25, 0.3) is 0 Å². The van der Waals surface area contributed by atoms with Crippen LogP contribution in [0.1, 0.15) is 109 Å². The molecular formula is C31H45O4P. The van der Waals surface area contributed by atoms with Gasteiger partial charge in [0.05, 0.1) is 12.8 Å². The van der Waals surface area contributed by atoms with E-state index in [1.54, 1.807) is 0 Å². The van der Waals surface area contributed by atoms with Crippen LogP contribution in [-0.4, -0.2) is 11.7 Å². The number of unbranched alkanes of at least 4 members (excludes halogenated alkanes) is 3. The maximum atomic E-state index is 14.0. The van der Waals surface area contributed by atoms with Gasteiger partial charge in [0.2, 0.25) is 0 Å². The summed E-state index contributed by atoms with van der Waals surface area (Å²) < 4.78 is 26.2. The molecule has 1 aliphatic rings. The largest absolute Gasteiger partial charge is 0.507 e. The molecule has 1 aliphatic carbocycles. The van der Waals surface area contributed by atoms with Crippen LogP contribution in [0.3, 0.4) is 0 Å². The van der Waals surface area contributed by atoms with Gasteiger partial charge in [-0.25, -0.2) is 4.57 Å². The van der Waals surface area contributed by atoms with E-state index in [0.29, 0.717) is 5.75 Å². The number of allylic oxidation sites excluding steroid dienone is 2. The molecule has 0 fully saturated rings. The molecule has 0 heterocycles. The fourth-order valence-corrected chi connectivity index (χ4v) is 6.90. The Bertz CT molecular complexity index is 1060. The molecular weight excluding hydrogens is 467 g/mol. The molecule has 0 saturated carbocycles. The number of hydrogen-bond acceptors (Lipinski definition) is 4. The van der Waals surface area contributed by atoms with E-state index in [9.17, 15) is 9.67 Å². The first kappa shape index (κ1) is 28.5. The average molecular weight is 513 g/mol. The molecule has 1 N–H and O–H groups in total. The van der Waals surface area contributed by atoms with Crippen LogP contribution in [-0.2, 0) is 20.7 Å². The SMILES string of the molecule is CCCCCCC(C)(C)c1cc(O)c(C2C=C(C)CCC2)c(OP(=O)(Cc2ccccc2)OCC)c1. The van der Waals surface area contributed by atoms with Crippen molar-refractivity contribution in [2.75, 3.05) is 6.61 Å². The number of hydrogen-bond donors (Lipinski definition) is 1. The third-order valence-electron chi connectivity index (χ3n) is 7.28. The molecule has 198 valence electrons. The summed E-state index contributed by atoms with van der Waals surface area (Å²) in [6.07, 6.45) is 11.3. The van der Waals surface area contributed by atoms with Gasteiger partial charge in [-0.1, -0.05) is 88.4 Å². The highest BCUT2D eigenvalue weighted by atomic mass is 31.2. The number of benzene rings is 2. The maximum absolute atomic E-state index is 14.0. The fourth-order valence-electron chi connectivity index (χ4n) is 5.19. The normalized spacial score (nSPS) is 17.9. The molecule has 0 radical (unpaired) electrons. The van der Waals surface area contributed by atoms with Crippen molar-refractivity contribution in [3.8, 4) is 11.5 Å². The molecule has 0 amide bonds. The van der Waals surface area contributed by atoms with E-state index in [4.69, 9.17) is 9.05 Å². The predicted molar refractivity (Wildman–Crippen MR) is 150 cm³/mol. The topological polar surface area (TPSA) is 55.8 Å². The predicted octanol–water partition coefficient (Wildman–Crippen LogP) is 9.66. The molecule has 5 heteroatoms. The van der Waals surface area contributed by atoms with Crippen LogP contribution in [0.4, 0.5) is 0 Å². The smallest absolute Gasteiger partial charge is 0.383 e. The van der Waals surface area contributed by atoms with Crippen molar-refractivity contribution in [2.24, 2.45) is 0 Å². The minimum absolute atomic E-state index is 0.0299. The standard InChI is InChI=1S/C31H45O4P/c1-6-8-9-13-19-31(4,5)27-21-28(32)30(26-18-14-15-24(3)20-26)29(22-27)35-36(33,34-7-2)23-25-16-11-10-12-17-25/h10-12,16-17,20-22,26,32H,6-9,13-15,18-19,23H2,1-5H3. The lowest BCUT2D eigenvalue weighted by atomic mass is 9.78. The number of phenols is 1. The average Bonchev–Trinajstić information content (AvgIpc) is 2.82. The molecule has 36 heavy (non-hydrogen) atoms. The summed E-state index contributed by atoms with van der Waals surface area (Å²) in [5.74, 6) is 0.750. The molecule has 0 aliphatic heterocycles. The third-order valence-corrected chi connectivity index (χ3v) is 9.16. The quantitative estimate of drug-likeness (QED) is 0.165. The molecule has 0 spiro atoms. The minimum atomic E-state index is -3.51. The minimum Gasteiger partial charge on any atom is -0.507 e. The van der Waals surface area contributed by atoms with Crippen LogP contribution < -0.4 is 4.52 Å². The highest BCUT2D eigenvalue weighted by molar-refractivity contribution is 7.53. The lowest BCUT2D eigenvalue weighted by Crippen LogP contribution is -2.18. The zero-order chi connectivity index (χ0) is 26.2. The van der Waals surface area contributed by atoms with Crippen molar-refractivity contribution < 1.29 is 18.7 Å². The first-order chi connectivity index (χ1) is 17.2. The lowest BCUT2D eigenvalue weighted by Gasteiger charge is -2.30. The van der Waals surface area contributed by atoms with E-state index in [-0.39, 0.29) is 29.9 Å². The highest BCUT2D eigenvalue weighted by Gasteiger charge is 2.32. The zero-order valence-electron chi connectivity index (χ0n) is 22.9. The van der Waals surface area contributed by atoms with Crippen molar-refractivity contribution in [2.45, 2.75) is 103 Å². The molecule has 0 aromatic heterocycles. The molecule has 2 atom stereocenters. The number of rotatable bonds is 13. The van der Waals surface area contributed by atoms with Crippen LogP contribution in [0.15, 0.2) is 54.1 Å². The first-order valence-corrected chi connectivity index (χ1v) is 15.4. The van der Waals surface area contributed by atoms with Gasteiger partial charge in [0.1, 0.15) is 11.5 Å². The Labute approximate surface area is 218 Å². The molecule has 4 nitrogen and oxygen atoms in total. The highest BCUT2D eigenvalue weighted by Crippen LogP contribution is 2.55. The van der Waals surface area contributed by atoms with Gasteiger partial charge in [-0.3, -0.25) is 4.52 Å². The Morgan fingerprint density at radius 1 is 1.08 bits per heavy atom. The van der Waals surface area contributed by atoms with E-state index in [1.165, 1.54) is 24.8 Å². The van der Waals surface area contributed by atoms with Crippen molar-refractivity contribution >= 4 is 7.60 Å². The Balaban J connectivity index is 2.03. The van der Waals surface area contributed by atoms with Crippen LogP contribution in [0.5, 0.6) is 11.5 Å². The molecule has 0 bridgehead atoms. The molecule has 2 aromatic carbocycles. The van der Waals surface area contributed by atoms with Crippen molar-refractivity contribution in [3.63, 3.8) is 0 Å². The number of aromatic hydroxyl groups is 1. The Hall–Kier alpha value is -2.03. The lowest BCUT2D eigenvalue weighted by molar-refractivity contribution is 0.276. The summed E-state index contributed by atoms with van der Waals surface area (Å²) in [6, 6.07) is 13.6. The van der Waals surface area contributed by atoms with Crippen molar-refractivity contribution in [1.29, 1.82) is 0 Å². The summed E-state index contributed by atoms with van der Waals surface area (Å²) in [7, 11) is -3.51. The second-order valence-electron chi connectivity index (χ2n) is 10.9. The van der Waals surface area contributed by atoms with Crippen LogP contribution in [0, 0.1) is 0 Å². The Morgan fingerprint density at radius 2 is 1.83 bits per heavy atom. The number of phenolic OH excluding ortho intramolecular Hbond substituents is 1. The molecule has 0 saturated heterocycles. The van der Waals surface area contributed by atoms with E-state index >= 15 is 0 Å². The second kappa shape index (κ2) is 13.0. The Kier molecular flexibility index (Phi) is 10.3. The van der Waals surface area contributed by atoms with Crippen LogP contribution in [0.2, 0.25) is 0 Å². The summed E-state index contributed by atoms with van der Waals surface area (Å²) >= 11 is 0. The summed E-state index contributed by atoms with van der Waals surface area (Å²) in [4.78, 5) is 0. The maximum Gasteiger partial charge on any atom is 0.383 e. The molecule has 2 aromatic rings. The molecule has 3 rings (SSSR count). The fraction of sp³-hybridized carbons (Fsp3) is 0.548. The second-order valence-corrected chi connectivity index (χ2v) is 12.9. The van der Waals surface area contributed by atoms with Gasteiger partial charge >= 0.3 is 7.60 Å². The van der Waals surface area contributed by atoms with Gasteiger partial charge in [-0.2, -0.15) is 0 Å². The third kappa shape index (κ3) is 7.73. The van der Waals surface area contributed by atoms with Gasteiger partial charge in [-0.15, -0.1) is 0 Å². The van der Waals surface area contributed by atoms with Crippen LogP contribution >= 0.6 is 7.60 Å². The zero-order valence-corrected chi connectivity index (χ0v) is 23.8. The van der Waals surface area contributed by atoms with E-state index in [0.717, 1.165) is 48.8 Å². The monoisotopic (exact) mass is 512 g/mol. The summed E-state index contributed by atoms with van der Waals surface area (Å²) in [5.41, 5.74) is 3.81. The van der Waals surface area contributed by atoms with Gasteiger partial charge in [-0.05, 0) is 68.2 Å². The Morgan fingerprint density at radius 3 is 2.50 bits per heavy atom. The van der Waals surface area contributed by atoms with Gasteiger partial charge in [0, 0.05) is 11.5 Å². The molecule has 2 unspecified atom stereocenters. The van der Waals surface area contributed by atoms with Gasteiger partial charge in [0.25, 0.3) is 0 Å². The van der Waals surface area contributed by atoms with Gasteiger partial charge in [0.15, 0.2) is 0 Å². The first-order valence-electron chi connectivity index (χ1n) is 13.7. The van der Waals surface area contributed by atoms with E-state index in [1.807, 2.05) is 49.4 Å². The summed E-state index contributed by atoms with van der Waals surface area (Å²) in [6.45, 7) is 10.9. The van der Waals surface area contributed by atoms with E-state index < -0.39 is 7.60 Å². The van der Waals surface area contributed by atoms with Crippen molar-refractivity contribution in [1.82, 2.24) is 0 Å².